The van der Waals surface area contributed by atoms with Crippen LogP contribution in [0, 0.1) is 13.8 Å². The van der Waals surface area contributed by atoms with Gasteiger partial charge in [0.15, 0.2) is 11.5 Å². The lowest BCUT2D eigenvalue weighted by atomic mass is 9.94. The molecule has 0 aliphatic heterocycles. The van der Waals surface area contributed by atoms with Crippen LogP contribution in [0.15, 0.2) is 22.7 Å². The number of rotatable bonds is 7. The van der Waals surface area contributed by atoms with Gasteiger partial charge in [-0.1, -0.05) is 11.6 Å². The zero-order valence-corrected chi connectivity index (χ0v) is 17.7. The SMILES string of the molecule is COc1cc(C(=O)NC2CCCC(SC)C2)ccc1OCc1c(C)noc1C. The molecule has 1 N–H and O–H groups in total. The predicted molar refractivity (Wildman–Crippen MR) is 110 cm³/mol. The Bertz CT molecular complexity index is 801. The summed E-state index contributed by atoms with van der Waals surface area (Å²) < 4.78 is 16.5. The molecule has 1 amide bonds. The number of benzene rings is 1. The van der Waals surface area contributed by atoms with E-state index in [1.807, 2.05) is 25.6 Å². The highest BCUT2D eigenvalue weighted by molar-refractivity contribution is 7.99. The Morgan fingerprint density at radius 2 is 2.14 bits per heavy atom. The van der Waals surface area contributed by atoms with Crippen LogP contribution in [0.3, 0.4) is 0 Å². The molecule has 1 heterocycles. The number of ether oxygens (including phenoxy) is 2. The van der Waals surface area contributed by atoms with Crippen molar-refractivity contribution in [1.82, 2.24) is 10.5 Å². The van der Waals surface area contributed by atoms with Gasteiger partial charge in [-0.05, 0) is 57.6 Å². The molecule has 2 atom stereocenters. The zero-order valence-electron chi connectivity index (χ0n) is 16.9. The summed E-state index contributed by atoms with van der Waals surface area (Å²) in [7, 11) is 1.57. The van der Waals surface area contributed by atoms with Crippen molar-refractivity contribution in [3.8, 4) is 11.5 Å². The van der Waals surface area contributed by atoms with E-state index in [0.717, 1.165) is 36.3 Å². The standard InChI is InChI=1S/C21H28N2O4S/c1-13-18(14(2)27-23-13)12-26-19-9-8-15(10-20(19)25-3)21(24)22-16-6-5-7-17(11-16)28-4/h8-10,16-17H,5-7,11-12H2,1-4H3,(H,22,24). The average Bonchev–Trinajstić information content (AvgIpc) is 3.03. The summed E-state index contributed by atoms with van der Waals surface area (Å²) >= 11 is 1.89. The number of methoxy groups -OCH3 is 1. The lowest BCUT2D eigenvalue weighted by Crippen LogP contribution is -2.39. The van der Waals surface area contributed by atoms with Gasteiger partial charge in [-0.25, -0.2) is 0 Å². The van der Waals surface area contributed by atoms with Gasteiger partial charge < -0.3 is 19.3 Å². The second kappa shape index (κ2) is 9.37. The van der Waals surface area contributed by atoms with E-state index >= 15 is 0 Å². The molecule has 3 rings (SSSR count). The average molecular weight is 405 g/mol. The summed E-state index contributed by atoms with van der Waals surface area (Å²) in [5, 5.41) is 7.74. The molecule has 1 aliphatic carbocycles. The number of nitrogens with zero attached hydrogens (tertiary/aromatic N) is 1. The molecule has 1 aromatic carbocycles. The van der Waals surface area contributed by atoms with Crippen molar-refractivity contribution in [3.63, 3.8) is 0 Å². The number of aryl methyl sites for hydroxylation is 2. The van der Waals surface area contributed by atoms with Crippen LogP contribution >= 0.6 is 11.8 Å². The van der Waals surface area contributed by atoms with Crippen LogP contribution in [0.25, 0.3) is 0 Å². The van der Waals surface area contributed by atoms with E-state index in [1.54, 1.807) is 25.3 Å². The second-order valence-corrected chi connectivity index (χ2v) is 8.29. The number of hydrogen-bond donors (Lipinski definition) is 1. The molecule has 0 spiro atoms. The van der Waals surface area contributed by atoms with E-state index in [0.29, 0.717) is 28.9 Å². The number of carbonyl (C=O) groups excluding carboxylic acids is 1. The highest BCUT2D eigenvalue weighted by Gasteiger charge is 2.23. The Morgan fingerprint density at radius 3 is 2.82 bits per heavy atom. The first-order chi connectivity index (χ1) is 13.5. The molecule has 2 aromatic rings. The van der Waals surface area contributed by atoms with Crippen molar-refractivity contribution in [2.24, 2.45) is 0 Å². The van der Waals surface area contributed by atoms with Crippen LogP contribution in [-0.2, 0) is 6.61 Å². The summed E-state index contributed by atoms with van der Waals surface area (Å²) in [6.45, 7) is 4.07. The van der Waals surface area contributed by atoms with Crippen molar-refractivity contribution in [2.75, 3.05) is 13.4 Å². The first-order valence-corrected chi connectivity index (χ1v) is 10.9. The van der Waals surface area contributed by atoms with Gasteiger partial charge in [0.05, 0.1) is 18.4 Å². The highest BCUT2D eigenvalue weighted by Crippen LogP contribution is 2.30. The van der Waals surface area contributed by atoms with Gasteiger partial charge in [0.25, 0.3) is 5.91 Å². The molecule has 1 aliphatic rings. The van der Waals surface area contributed by atoms with Crippen LogP contribution < -0.4 is 14.8 Å². The van der Waals surface area contributed by atoms with Crippen molar-refractivity contribution >= 4 is 17.7 Å². The van der Waals surface area contributed by atoms with Crippen LogP contribution in [-0.4, -0.2) is 35.7 Å². The largest absolute Gasteiger partial charge is 0.493 e. The molecule has 28 heavy (non-hydrogen) atoms. The Kier molecular flexibility index (Phi) is 6.88. The van der Waals surface area contributed by atoms with E-state index in [-0.39, 0.29) is 11.9 Å². The molecule has 7 heteroatoms. The highest BCUT2D eigenvalue weighted by atomic mass is 32.2. The first-order valence-electron chi connectivity index (χ1n) is 9.58. The van der Waals surface area contributed by atoms with Gasteiger partial charge in [-0.15, -0.1) is 0 Å². The molecule has 1 aromatic heterocycles. The van der Waals surface area contributed by atoms with E-state index in [2.05, 4.69) is 16.7 Å². The van der Waals surface area contributed by atoms with Gasteiger partial charge in [-0.3, -0.25) is 4.79 Å². The van der Waals surface area contributed by atoms with E-state index in [1.165, 1.54) is 6.42 Å². The Labute approximate surface area is 170 Å². The normalized spacial score (nSPS) is 19.3. The fourth-order valence-electron chi connectivity index (χ4n) is 3.54. The minimum absolute atomic E-state index is 0.0673. The molecule has 0 radical (unpaired) electrons. The molecular formula is C21H28N2O4S. The summed E-state index contributed by atoms with van der Waals surface area (Å²) in [5.74, 6) is 1.79. The Morgan fingerprint density at radius 1 is 1.32 bits per heavy atom. The molecule has 1 fully saturated rings. The molecule has 0 bridgehead atoms. The van der Waals surface area contributed by atoms with Crippen LogP contribution in [0.1, 0.15) is 53.1 Å². The quantitative estimate of drug-likeness (QED) is 0.742. The third-order valence-electron chi connectivity index (χ3n) is 5.27. The smallest absolute Gasteiger partial charge is 0.251 e. The van der Waals surface area contributed by atoms with Gasteiger partial charge in [0.2, 0.25) is 0 Å². The number of carbonyl (C=O) groups is 1. The lowest BCUT2D eigenvalue weighted by molar-refractivity contribution is 0.0928. The third kappa shape index (κ3) is 4.82. The topological polar surface area (TPSA) is 73.6 Å². The molecule has 0 saturated heterocycles. The maximum absolute atomic E-state index is 12.7. The first kappa shape index (κ1) is 20.6. The van der Waals surface area contributed by atoms with E-state index < -0.39 is 0 Å². The monoisotopic (exact) mass is 404 g/mol. The van der Waals surface area contributed by atoms with Crippen LogP contribution in [0.4, 0.5) is 0 Å². The van der Waals surface area contributed by atoms with Crippen molar-refractivity contribution < 1.29 is 18.8 Å². The van der Waals surface area contributed by atoms with Crippen molar-refractivity contribution in [1.29, 1.82) is 0 Å². The summed E-state index contributed by atoms with van der Waals surface area (Å²) in [6, 6.07) is 5.51. The number of aromatic nitrogens is 1. The predicted octanol–water partition coefficient (Wildman–Crippen LogP) is 4.28. The maximum Gasteiger partial charge on any atom is 0.251 e. The molecule has 152 valence electrons. The van der Waals surface area contributed by atoms with Gasteiger partial charge in [0.1, 0.15) is 12.4 Å². The van der Waals surface area contributed by atoms with Gasteiger partial charge in [0, 0.05) is 16.9 Å². The Balaban J connectivity index is 1.66. The van der Waals surface area contributed by atoms with E-state index in [4.69, 9.17) is 14.0 Å². The van der Waals surface area contributed by atoms with Crippen molar-refractivity contribution in [2.45, 2.75) is 57.4 Å². The summed E-state index contributed by atoms with van der Waals surface area (Å²) in [4.78, 5) is 12.7. The minimum Gasteiger partial charge on any atom is -0.493 e. The van der Waals surface area contributed by atoms with Crippen LogP contribution in [0.2, 0.25) is 0 Å². The van der Waals surface area contributed by atoms with Crippen molar-refractivity contribution in [3.05, 3.63) is 40.8 Å². The molecule has 2 unspecified atom stereocenters. The summed E-state index contributed by atoms with van der Waals surface area (Å²) in [6.07, 6.45) is 6.61. The van der Waals surface area contributed by atoms with Gasteiger partial charge in [-0.2, -0.15) is 11.8 Å². The van der Waals surface area contributed by atoms with Crippen LogP contribution in [0.5, 0.6) is 11.5 Å². The number of hydrogen-bond acceptors (Lipinski definition) is 6. The minimum atomic E-state index is -0.0673. The fourth-order valence-corrected chi connectivity index (χ4v) is 4.37. The summed E-state index contributed by atoms with van der Waals surface area (Å²) in [5.41, 5.74) is 2.31. The fraction of sp³-hybridized carbons (Fsp3) is 0.524. The lowest BCUT2D eigenvalue weighted by Gasteiger charge is -2.28. The Hall–Kier alpha value is -2.15. The van der Waals surface area contributed by atoms with E-state index in [9.17, 15) is 4.79 Å². The third-order valence-corrected chi connectivity index (χ3v) is 6.37. The maximum atomic E-state index is 12.7. The number of amides is 1. The zero-order chi connectivity index (χ0) is 20.1. The van der Waals surface area contributed by atoms with Gasteiger partial charge >= 0.3 is 0 Å². The molecular weight excluding hydrogens is 376 g/mol. The number of nitrogens with one attached hydrogen (secondary N) is 1. The molecule has 1 saturated carbocycles. The second-order valence-electron chi connectivity index (χ2n) is 7.15. The number of thioether (sulfide) groups is 1. The molecule has 6 nitrogen and oxygen atoms in total.